The Kier molecular flexibility index (Phi) is 6.12. The number of hydrogen-bond acceptors (Lipinski definition) is 3. The van der Waals surface area contributed by atoms with Crippen molar-refractivity contribution in [1.29, 1.82) is 0 Å². The van der Waals surface area contributed by atoms with E-state index < -0.39 is 10.0 Å². The molecule has 1 rings (SSSR count). The number of nitrogens with one attached hydrogen (secondary N) is 1. The van der Waals surface area contributed by atoms with E-state index in [1.807, 2.05) is 13.8 Å². The molecule has 0 spiro atoms. The molecule has 7 heteroatoms. The molecule has 17 heavy (non-hydrogen) atoms. The molecule has 1 unspecified atom stereocenters. The molecule has 3 nitrogen and oxygen atoms in total. The molecule has 0 aromatic carbocycles. The third kappa shape index (κ3) is 4.63. The molecule has 1 aromatic rings. The summed E-state index contributed by atoms with van der Waals surface area (Å²) in [5.41, 5.74) is 0. The van der Waals surface area contributed by atoms with Gasteiger partial charge in [0.2, 0.25) is 10.0 Å². The Morgan fingerprint density at radius 1 is 1.53 bits per heavy atom. The van der Waals surface area contributed by atoms with Crippen molar-refractivity contribution in [3.8, 4) is 0 Å². The molecule has 1 atom stereocenters. The normalized spacial score (nSPS) is 13.9. The van der Waals surface area contributed by atoms with Crippen LogP contribution in [0.15, 0.2) is 14.7 Å². The van der Waals surface area contributed by atoms with Gasteiger partial charge in [0.05, 0.1) is 8.68 Å². The third-order valence-electron chi connectivity index (χ3n) is 2.26. The van der Waals surface area contributed by atoms with Crippen molar-refractivity contribution >= 4 is 53.2 Å². The van der Waals surface area contributed by atoms with Gasteiger partial charge < -0.3 is 0 Å². The summed E-state index contributed by atoms with van der Waals surface area (Å²) in [4.78, 5) is 1.18. The summed E-state index contributed by atoms with van der Waals surface area (Å²) in [5, 5.41) is 0.891. The Morgan fingerprint density at radius 3 is 2.65 bits per heavy atom. The zero-order chi connectivity index (χ0) is 13.1. The second-order valence-corrected chi connectivity index (χ2v) is 8.94. The third-order valence-corrected chi connectivity index (χ3v) is 6.22. The topological polar surface area (TPSA) is 46.2 Å². The van der Waals surface area contributed by atoms with Crippen molar-refractivity contribution in [1.82, 2.24) is 4.72 Å². The Hall–Kier alpha value is 0.570. The summed E-state index contributed by atoms with van der Waals surface area (Å²) in [5.74, 6) is 0. The SMILES string of the molecule is Cc1sc(Br)cc1S(=O)(=O)NC(C)CCCBr. The first-order valence-electron chi connectivity index (χ1n) is 5.21. The first kappa shape index (κ1) is 15.6. The largest absolute Gasteiger partial charge is 0.241 e. The van der Waals surface area contributed by atoms with Crippen LogP contribution in [0.25, 0.3) is 0 Å². The second kappa shape index (κ2) is 6.65. The molecule has 1 heterocycles. The molecule has 1 aromatic heterocycles. The lowest BCUT2D eigenvalue weighted by Gasteiger charge is -2.13. The van der Waals surface area contributed by atoms with Gasteiger partial charge in [0.1, 0.15) is 0 Å². The van der Waals surface area contributed by atoms with Gasteiger partial charge in [0, 0.05) is 16.2 Å². The highest BCUT2D eigenvalue weighted by Crippen LogP contribution is 2.29. The smallest absolute Gasteiger partial charge is 0.208 e. The first-order valence-corrected chi connectivity index (χ1v) is 9.42. The number of thiophene rings is 1. The van der Waals surface area contributed by atoms with E-state index in [1.165, 1.54) is 11.3 Å². The lowest BCUT2D eigenvalue weighted by atomic mass is 10.2. The molecule has 0 radical (unpaired) electrons. The van der Waals surface area contributed by atoms with Gasteiger partial charge in [0.15, 0.2) is 0 Å². The summed E-state index contributed by atoms with van der Waals surface area (Å²) in [6.45, 7) is 3.70. The average Bonchev–Trinajstić information content (AvgIpc) is 2.55. The Bertz CT molecular complexity index is 471. The van der Waals surface area contributed by atoms with Crippen LogP contribution < -0.4 is 4.72 Å². The lowest BCUT2D eigenvalue weighted by molar-refractivity contribution is 0.545. The predicted molar refractivity (Wildman–Crippen MR) is 79.6 cm³/mol. The van der Waals surface area contributed by atoms with Gasteiger partial charge in [-0.2, -0.15) is 0 Å². The predicted octanol–water partition coefficient (Wildman–Crippen LogP) is 3.66. The van der Waals surface area contributed by atoms with Gasteiger partial charge in [0.25, 0.3) is 0 Å². The Balaban J connectivity index is 2.79. The van der Waals surface area contributed by atoms with E-state index in [0.29, 0.717) is 4.90 Å². The Morgan fingerprint density at radius 2 is 2.18 bits per heavy atom. The van der Waals surface area contributed by atoms with Crippen LogP contribution in [0, 0.1) is 6.92 Å². The molecule has 0 aliphatic carbocycles. The summed E-state index contributed by atoms with van der Waals surface area (Å²) in [7, 11) is -3.38. The highest BCUT2D eigenvalue weighted by Gasteiger charge is 2.21. The van der Waals surface area contributed by atoms with E-state index in [0.717, 1.165) is 26.8 Å². The second-order valence-electron chi connectivity index (χ2n) is 3.82. The standard InChI is InChI=1S/C10H15Br2NO2S2/c1-7(4-3-5-11)13-17(14,15)9-6-10(12)16-8(9)2/h6-7,13H,3-5H2,1-2H3. The molecule has 0 bridgehead atoms. The van der Waals surface area contributed by atoms with Crippen molar-refractivity contribution < 1.29 is 8.42 Å². The number of halogens is 2. The van der Waals surface area contributed by atoms with E-state index in [2.05, 4.69) is 36.6 Å². The van der Waals surface area contributed by atoms with E-state index >= 15 is 0 Å². The van der Waals surface area contributed by atoms with Crippen LogP contribution in [0.2, 0.25) is 0 Å². The molecule has 0 fully saturated rings. The van der Waals surface area contributed by atoms with Gasteiger partial charge in [-0.15, -0.1) is 11.3 Å². The molecule has 0 saturated heterocycles. The van der Waals surface area contributed by atoms with Gasteiger partial charge in [-0.25, -0.2) is 13.1 Å². The zero-order valence-electron chi connectivity index (χ0n) is 9.66. The minimum Gasteiger partial charge on any atom is -0.208 e. The van der Waals surface area contributed by atoms with Gasteiger partial charge in [-0.3, -0.25) is 0 Å². The zero-order valence-corrected chi connectivity index (χ0v) is 14.5. The minimum absolute atomic E-state index is 0.0457. The Labute approximate surface area is 123 Å². The quantitative estimate of drug-likeness (QED) is 0.735. The summed E-state index contributed by atoms with van der Waals surface area (Å²) >= 11 is 8.07. The fraction of sp³-hybridized carbons (Fsp3) is 0.600. The molecule has 1 N–H and O–H groups in total. The van der Waals surface area contributed by atoms with Crippen molar-refractivity contribution in [2.45, 2.75) is 37.6 Å². The molecule has 98 valence electrons. The number of rotatable bonds is 6. The van der Waals surface area contributed by atoms with Crippen LogP contribution in [0.4, 0.5) is 0 Å². The molecular formula is C10H15Br2NO2S2. The molecule has 0 amide bonds. The summed E-state index contributed by atoms with van der Waals surface area (Å²) in [6, 6.07) is 1.61. The van der Waals surface area contributed by atoms with Crippen molar-refractivity contribution in [2.75, 3.05) is 5.33 Å². The van der Waals surface area contributed by atoms with Crippen LogP contribution in [-0.2, 0) is 10.0 Å². The molecule has 0 aliphatic heterocycles. The molecule has 0 aliphatic rings. The monoisotopic (exact) mass is 403 g/mol. The summed E-state index contributed by atoms with van der Waals surface area (Å²) in [6.07, 6.45) is 1.78. The lowest BCUT2D eigenvalue weighted by Crippen LogP contribution is -2.32. The molecule has 0 saturated carbocycles. The van der Waals surface area contributed by atoms with Crippen LogP contribution in [0.5, 0.6) is 0 Å². The van der Waals surface area contributed by atoms with Gasteiger partial charge in [-0.05, 0) is 48.7 Å². The maximum atomic E-state index is 12.1. The number of sulfonamides is 1. The van der Waals surface area contributed by atoms with Crippen LogP contribution in [-0.4, -0.2) is 19.8 Å². The van der Waals surface area contributed by atoms with Gasteiger partial charge >= 0.3 is 0 Å². The van der Waals surface area contributed by atoms with E-state index in [4.69, 9.17) is 0 Å². The minimum atomic E-state index is -3.38. The van der Waals surface area contributed by atoms with Crippen LogP contribution >= 0.6 is 43.2 Å². The number of aryl methyl sites for hydroxylation is 1. The van der Waals surface area contributed by atoms with E-state index in [-0.39, 0.29) is 6.04 Å². The number of alkyl halides is 1. The van der Waals surface area contributed by atoms with Crippen molar-refractivity contribution in [2.24, 2.45) is 0 Å². The first-order chi connectivity index (χ1) is 7.86. The average molecular weight is 405 g/mol. The summed E-state index contributed by atoms with van der Waals surface area (Å²) < 4.78 is 27.7. The highest BCUT2D eigenvalue weighted by molar-refractivity contribution is 9.11. The fourth-order valence-electron chi connectivity index (χ4n) is 1.47. The van der Waals surface area contributed by atoms with Crippen molar-refractivity contribution in [3.63, 3.8) is 0 Å². The molecular weight excluding hydrogens is 390 g/mol. The van der Waals surface area contributed by atoms with Crippen LogP contribution in [0.1, 0.15) is 24.6 Å². The highest BCUT2D eigenvalue weighted by atomic mass is 79.9. The maximum absolute atomic E-state index is 12.1. The van der Waals surface area contributed by atoms with Crippen LogP contribution in [0.3, 0.4) is 0 Å². The van der Waals surface area contributed by atoms with Gasteiger partial charge in [-0.1, -0.05) is 15.9 Å². The number of hydrogen-bond donors (Lipinski definition) is 1. The fourth-order valence-corrected chi connectivity index (χ4v) is 5.48. The van der Waals surface area contributed by atoms with E-state index in [1.54, 1.807) is 6.07 Å². The van der Waals surface area contributed by atoms with Crippen molar-refractivity contribution in [3.05, 3.63) is 14.7 Å². The van der Waals surface area contributed by atoms with E-state index in [9.17, 15) is 8.42 Å². The maximum Gasteiger partial charge on any atom is 0.241 e.